The smallest absolute Gasteiger partial charge is 0.240 e. The second-order valence-electron chi connectivity index (χ2n) is 2.95. The molecule has 0 aliphatic carbocycles. The zero-order chi connectivity index (χ0) is 9.42. The zero-order valence-electron chi connectivity index (χ0n) is 6.93. The van der Waals surface area contributed by atoms with Gasteiger partial charge >= 0.3 is 0 Å². The maximum Gasteiger partial charge on any atom is 0.240 e. The van der Waals surface area contributed by atoms with Crippen LogP contribution in [0.2, 0.25) is 0 Å². The highest BCUT2D eigenvalue weighted by Gasteiger charge is 2.34. The van der Waals surface area contributed by atoms with Crippen molar-refractivity contribution in [3.05, 3.63) is 6.20 Å². The largest absolute Gasteiger partial charge is 0.389 e. The summed E-state index contributed by atoms with van der Waals surface area (Å²) in [6.07, 6.45) is 2.41. The Bertz CT molecular complexity index is 337. The molecule has 1 aliphatic heterocycles. The van der Waals surface area contributed by atoms with E-state index in [1.807, 2.05) is 4.90 Å². The van der Waals surface area contributed by atoms with Crippen LogP contribution in [0.15, 0.2) is 6.20 Å². The second kappa shape index (κ2) is 2.88. The van der Waals surface area contributed by atoms with Crippen LogP contribution < -0.4 is 16.4 Å². The van der Waals surface area contributed by atoms with Crippen LogP contribution in [0.5, 0.6) is 0 Å². The number of hydrogen-bond donors (Lipinski definition) is 2. The molecule has 1 fully saturated rings. The third-order valence-corrected chi connectivity index (χ3v) is 2.97. The van der Waals surface area contributed by atoms with Crippen LogP contribution in [0.4, 0.5) is 10.1 Å². The number of rotatable bonds is 2. The van der Waals surface area contributed by atoms with Gasteiger partial charge in [-0.15, -0.1) is 0 Å². The molecule has 0 aromatic carbocycles. The van der Waals surface area contributed by atoms with Crippen molar-refractivity contribution >= 4 is 27.4 Å². The third kappa shape index (κ3) is 1.33. The number of hydrogen-bond acceptors (Lipinski definition) is 5. The molecule has 2 rings (SSSR count). The van der Waals surface area contributed by atoms with Crippen LogP contribution in [0.1, 0.15) is 6.42 Å². The first-order chi connectivity index (χ1) is 6.18. The van der Waals surface area contributed by atoms with Gasteiger partial charge in [0.2, 0.25) is 5.91 Å². The Morgan fingerprint density at radius 2 is 2.54 bits per heavy atom. The Labute approximate surface area is 79.3 Å². The van der Waals surface area contributed by atoms with Crippen LogP contribution in [-0.4, -0.2) is 23.5 Å². The van der Waals surface area contributed by atoms with E-state index in [0.29, 0.717) is 5.00 Å². The lowest BCUT2D eigenvalue weighted by Gasteiger charge is -2.38. The molecule has 1 unspecified atom stereocenters. The predicted octanol–water partition coefficient (Wildman–Crippen LogP) is -0.211. The summed E-state index contributed by atoms with van der Waals surface area (Å²) in [5, 5.41) is 1.44. The zero-order valence-corrected chi connectivity index (χ0v) is 7.75. The fraction of sp³-hybridized carbons (Fsp3) is 0.429. The first kappa shape index (κ1) is 8.31. The predicted molar refractivity (Wildman–Crippen MR) is 51.5 cm³/mol. The summed E-state index contributed by atoms with van der Waals surface area (Å²) < 4.78 is 0. The quantitative estimate of drug-likeness (QED) is 0.688. The van der Waals surface area contributed by atoms with Crippen molar-refractivity contribution in [3.8, 4) is 0 Å². The summed E-state index contributed by atoms with van der Waals surface area (Å²) in [6, 6.07) is -0.189. The molecule has 1 amide bonds. The Kier molecular flexibility index (Phi) is 1.84. The van der Waals surface area contributed by atoms with Crippen LogP contribution in [-0.2, 0) is 4.79 Å². The molecule has 6 heteroatoms. The highest BCUT2D eigenvalue weighted by molar-refractivity contribution is 7.19. The summed E-state index contributed by atoms with van der Waals surface area (Å²) in [6.45, 7) is 0.834. The number of primary amides is 1. The molecule has 1 aromatic heterocycles. The summed E-state index contributed by atoms with van der Waals surface area (Å²) in [4.78, 5) is 16.9. The van der Waals surface area contributed by atoms with Gasteiger partial charge in [-0.1, -0.05) is 11.3 Å². The average Bonchev–Trinajstić information content (AvgIpc) is 2.32. The van der Waals surface area contributed by atoms with Crippen LogP contribution in [0.25, 0.3) is 0 Å². The monoisotopic (exact) mass is 198 g/mol. The summed E-state index contributed by atoms with van der Waals surface area (Å²) in [5.41, 5.74) is 10.7. The van der Waals surface area contributed by atoms with E-state index in [4.69, 9.17) is 11.5 Å². The highest BCUT2D eigenvalue weighted by Crippen LogP contribution is 2.31. The van der Waals surface area contributed by atoms with Crippen molar-refractivity contribution in [1.82, 2.24) is 4.98 Å². The van der Waals surface area contributed by atoms with Crippen molar-refractivity contribution < 1.29 is 4.79 Å². The van der Waals surface area contributed by atoms with E-state index in [1.54, 1.807) is 6.20 Å². The fourth-order valence-corrected chi connectivity index (χ4v) is 2.08. The van der Waals surface area contributed by atoms with Gasteiger partial charge in [-0.05, 0) is 6.42 Å². The van der Waals surface area contributed by atoms with Gasteiger partial charge in [0.05, 0.1) is 6.20 Å². The average molecular weight is 198 g/mol. The summed E-state index contributed by atoms with van der Waals surface area (Å²) in [5.74, 6) is -0.292. The standard InChI is InChI=1S/C7H10N4OS/c8-5-3-10-7(13-5)11-2-1-4(11)6(9)12/h3-4H,1-2,8H2,(H2,9,12). The number of amides is 1. The van der Waals surface area contributed by atoms with Gasteiger partial charge < -0.3 is 16.4 Å². The van der Waals surface area contributed by atoms with Gasteiger partial charge in [0.15, 0.2) is 5.13 Å². The molecule has 5 nitrogen and oxygen atoms in total. The van der Waals surface area contributed by atoms with Gasteiger partial charge in [-0.2, -0.15) is 0 Å². The van der Waals surface area contributed by atoms with E-state index in [9.17, 15) is 4.79 Å². The number of nitrogen functional groups attached to an aromatic ring is 1. The van der Waals surface area contributed by atoms with Gasteiger partial charge in [-0.3, -0.25) is 4.79 Å². The summed E-state index contributed by atoms with van der Waals surface area (Å²) in [7, 11) is 0. The van der Waals surface area contributed by atoms with E-state index in [1.165, 1.54) is 11.3 Å². The molecule has 1 atom stereocenters. The molecule has 1 aliphatic rings. The number of anilines is 2. The first-order valence-corrected chi connectivity index (χ1v) is 4.77. The number of nitrogens with two attached hydrogens (primary N) is 2. The summed E-state index contributed by atoms with van der Waals surface area (Å²) >= 11 is 1.38. The fourth-order valence-electron chi connectivity index (χ4n) is 1.32. The third-order valence-electron chi connectivity index (χ3n) is 2.11. The van der Waals surface area contributed by atoms with Crippen LogP contribution >= 0.6 is 11.3 Å². The molecule has 4 N–H and O–H groups in total. The Morgan fingerprint density at radius 1 is 1.77 bits per heavy atom. The normalized spacial score (nSPS) is 21.2. The van der Waals surface area contributed by atoms with Gasteiger partial charge in [0, 0.05) is 6.54 Å². The van der Waals surface area contributed by atoms with Gasteiger partial charge in [-0.25, -0.2) is 4.98 Å². The van der Waals surface area contributed by atoms with Gasteiger partial charge in [0.25, 0.3) is 0 Å². The molecule has 0 bridgehead atoms. The molecular formula is C7H10N4OS. The molecule has 0 radical (unpaired) electrons. The number of aromatic nitrogens is 1. The lowest BCUT2D eigenvalue weighted by molar-refractivity contribution is -0.120. The van der Waals surface area contributed by atoms with Crippen LogP contribution in [0.3, 0.4) is 0 Å². The van der Waals surface area contributed by atoms with Crippen molar-refractivity contribution in [1.29, 1.82) is 0 Å². The maximum absolute atomic E-state index is 10.9. The SMILES string of the molecule is NC(=O)C1CCN1c1ncc(N)s1. The van der Waals surface area contributed by atoms with Gasteiger partial charge in [0.1, 0.15) is 11.0 Å². The molecule has 13 heavy (non-hydrogen) atoms. The van der Waals surface area contributed by atoms with Crippen LogP contribution in [0, 0.1) is 0 Å². The minimum atomic E-state index is -0.292. The lowest BCUT2D eigenvalue weighted by Crippen LogP contribution is -2.55. The number of thiazole rings is 1. The van der Waals surface area contributed by atoms with E-state index < -0.39 is 0 Å². The minimum absolute atomic E-state index is 0.189. The Balaban J connectivity index is 2.14. The molecule has 1 aromatic rings. The Hall–Kier alpha value is -1.30. The Morgan fingerprint density at radius 3 is 2.92 bits per heavy atom. The number of carbonyl (C=O) groups is 1. The molecule has 2 heterocycles. The molecule has 1 saturated heterocycles. The molecular weight excluding hydrogens is 188 g/mol. The van der Waals surface area contributed by atoms with Crippen molar-refractivity contribution in [3.63, 3.8) is 0 Å². The molecule has 70 valence electrons. The molecule has 0 spiro atoms. The highest BCUT2D eigenvalue weighted by atomic mass is 32.1. The minimum Gasteiger partial charge on any atom is -0.389 e. The van der Waals surface area contributed by atoms with Crippen molar-refractivity contribution in [2.24, 2.45) is 5.73 Å². The van der Waals surface area contributed by atoms with E-state index in [2.05, 4.69) is 4.98 Å². The van der Waals surface area contributed by atoms with Crippen molar-refractivity contribution in [2.75, 3.05) is 17.2 Å². The molecule has 0 saturated carbocycles. The topological polar surface area (TPSA) is 85.2 Å². The van der Waals surface area contributed by atoms with E-state index in [0.717, 1.165) is 18.1 Å². The van der Waals surface area contributed by atoms with E-state index >= 15 is 0 Å². The van der Waals surface area contributed by atoms with E-state index in [-0.39, 0.29) is 11.9 Å². The number of carbonyl (C=O) groups excluding carboxylic acids is 1. The second-order valence-corrected chi connectivity index (χ2v) is 3.99. The maximum atomic E-state index is 10.9. The first-order valence-electron chi connectivity index (χ1n) is 3.96. The van der Waals surface area contributed by atoms with Crippen molar-refractivity contribution in [2.45, 2.75) is 12.5 Å². The lowest BCUT2D eigenvalue weighted by atomic mass is 10.0. The number of nitrogens with zero attached hydrogens (tertiary/aromatic N) is 2.